The van der Waals surface area contributed by atoms with Gasteiger partial charge in [0.1, 0.15) is 0 Å². The van der Waals surface area contributed by atoms with Gasteiger partial charge in [0.05, 0.1) is 6.10 Å². The molecule has 17 heavy (non-hydrogen) atoms. The second-order valence-corrected chi connectivity index (χ2v) is 5.35. The molecule has 0 spiro atoms. The third kappa shape index (κ3) is 6.29. The van der Waals surface area contributed by atoms with Crippen molar-refractivity contribution in [3.8, 4) is 0 Å². The van der Waals surface area contributed by atoms with Gasteiger partial charge < -0.3 is 0 Å². The third-order valence-corrected chi connectivity index (χ3v) is 3.55. The van der Waals surface area contributed by atoms with Crippen LogP contribution >= 0.6 is 0 Å². The molecule has 1 rings (SSSR count). The lowest BCUT2D eigenvalue weighted by molar-refractivity contribution is -0.346. The van der Waals surface area contributed by atoms with E-state index < -0.39 is 12.5 Å². The van der Waals surface area contributed by atoms with E-state index in [1.165, 1.54) is 6.42 Å². The van der Waals surface area contributed by atoms with Crippen LogP contribution in [0.15, 0.2) is 0 Å². The first-order valence-electron chi connectivity index (χ1n) is 6.65. The van der Waals surface area contributed by atoms with Crippen molar-refractivity contribution in [3.63, 3.8) is 0 Å². The third-order valence-electron chi connectivity index (χ3n) is 3.55. The SMILES string of the molecule is CCCC(C)CC1CCCC(OC(F)(F)F)C1. The Balaban J connectivity index is 2.33. The smallest absolute Gasteiger partial charge is 0.289 e. The molecule has 0 bridgehead atoms. The lowest BCUT2D eigenvalue weighted by Crippen LogP contribution is -2.29. The van der Waals surface area contributed by atoms with Gasteiger partial charge in [0.25, 0.3) is 0 Å². The highest BCUT2D eigenvalue weighted by atomic mass is 19.4. The summed E-state index contributed by atoms with van der Waals surface area (Å²) in [5.74, 6) is 1.03. The number of alkyl halides is 3. The van der Waals surface area contributed by atoms with E-state index in [9.17, 15) is 13.2 Å². The number of hydrogen-bond acceptors (Lipinski definition) is 1. The maximum atomic E-state index is 12.1. The van der Waals surface area contributed by atoms with Gasteiger partial charge in [-0.05, 0) is 31.1 Å². The lowest BCUT2D eigenvalue weighted by Gasteiger charge is -2.31. The van der Waals surface area contributed by atoms with E-state index in [2.05, 4.69) is 18.6 Å². The molecule has 0 saturated heterocycles. The molecule has 3 atom stereocenters. The zero-order valence-corrected chi connectivity index (χ0v) is 10.7. The predicted molar refractivity (Wildman–Crippen MR) is 61.6 cm³/mol. The lowest BCUT2D eigenvalue weighted by atomic mass is 9.81. The molecule has 0 aromatic heterocycles. The van der Waals surface area contributed by atoms with Gasteiger partial charge in [0.15, 0.2) is 0 Å². The molecule has 3 unspecified atom stereocenters. The second kappa shape index (κ2) is 6.62. The molecule has 1 aliphatic carbocycles. The van der Waals surface area contributed by atoms with Gasteiger partial charge in [-0.3, -0.25) is 4.74 Å². The Morgan fingerprint density at radius 1 is 1.29 bits per heavy atom. The first-order chi connectivity index (χ1) is 7.90. The van der Waals surface area contributed by atoms with Gasteiger partial charge in [-0.2, -0.15) is 0 Å². The Morgan fingerprint density at radius 3 is 2.59 bits per heavy atom. The van der Waals surface area contributed by atoms with Gasteiger partial charge in [-0.25, -0.2) is 0 Å². The highest BCUT2D eigenvalue weighted by molar-refractivity contribution is 4.75. The number of rotatable bonds is 5. The fourth-order valence-electron chi connectivity index (χ4n) is 2.93. The van der Waals surface area contributed by atoms with Gasteiger partial charge in [0.2, 0.25) is 0 Å². The second-order valence-electron chi connectivity index (χ2n) is 5.35. The molecular weight excluding hydrogens is 229 g/mol. The van der Waals surface area contributed by atoms with Crippen molar-refractivity contribution in [3.05, 3.63) is 0 Å². The topological polar surface area (TPSA) is 9.23 Å². The summed E-state index contributed by atoms with van der Waals surface area (Å²) in [5.41, 5.74) is 0. The van der Waals surface area contributed by atoms with Crippen LogP contribution in [0.4, 0.5) is 13.2 Å². The monoisotopic (exact) mass is 252 g/mol. The van der Waals surface area contributed by atoms with E-state index in [4.69, 9.17) is 0 Å². The normalized spacial score (nSPS) is 28.1. The summed E-state index contributed by atoms with van der Waals surface area (Å²) in [5, 5.41) is 0. The minimum Gasteiger partial charge on any atom is -0.289 e. The highest BCUT2D eigenvalue weighted by Crippen LogP contribution is 2.34. The highest BCUT2D eigenvalue weighted by Gasteiger charge is 2.35. The Labute approximate surface area is 102 Å². The van der Waals surface area contributed by atoms with Gasteiger partial charge in [0, 0.05) is 0 Å². The molecule has 0 radical (unpaired) electrons. The molecule has 0 N–H and O–H groups in total. The average Bonchev–Trinajstić information content (AvgIpc) is 2.15. The van der Waals surface area contributed by atoms with Gasteiger partial charge in [-0.15, -0.1) is 13.2 Å². The summed E-state index contributed by atoms with van der Waals surface area (Å²) in [4.78, 5) is 0. The predicted octanol–water partition coefficient (Wildman–Crippen LogP) is 4.91. The van der Waals surface area contributed by atoms with Crippen LogP contribution in [0, 0.1) is 11.8 Å². The van der Waals surface area contributed by atoms with E-state index in [-0.39, 0.29) is 0 Å². The maximum absolute atomic E-state index is 12.1. The first-order valence-corrected chi connectivity index (χ1v) is 6.65. The van der Waals surface area contributed by atoms with Crippen LogP contribution in [0.3, 0.4) is 0 Å². The molecule has 0 aliphatic heterocycles. The van der Waals surface area contributed by atoms with Crippen LogP contribution in [0.25, 0.3) is 0 Å². The summed E-state index contributed by atoms with van der Waals surface area (Å²) in [6, 6.07) is 0. The molecule has 102 valence electrons. The van der Waals surface area contributed by atoms with Crippen molar-refractivity contribution in [2.24, 2.45) is 11.8 Å². The van der Waals surface area contributed by atoms with E-state index in [1.807, 2.05) is 0 Å². The van der Waals surface area contributed by atoms with Crippen LogP contribution < -0.4 is 0 Å². The van der Waals surface area contributed by atoms with Crippen molar-refractivity contribution in [2.45, 2.75) is 71.3 Å². The fourth-order valence-corrected chi connectivity index (χ4v) is 2.93. The Kier molecular flexibility index (Phi) is 5.77. The quantitative estimate of drug-likeness (QED) is 0.675. The Bertz CT molecular complexity index is 215. The molecule has 1 nitrogen and oxygen atoms in total. The van der Waals surface area contributed by atoms with Crippen molar-refractivity contribution in [1.29, 1.82) is 0 Å². The molecule has 0 heterocycles. The fraction of sp³-hybridized carbons (Fsp3) is 1.00. The zero-order chi connectivity index (χ0) is 12.9. The van der Waals surface area contributed by atoms with Crippen LogP contribution in [0.1, 0.15) is 58.8 Å². The molecule has 4 heteroatoms. The summed E-state index contributed by atoms with van der Waals surface area (Å²) in [7, 11) is 0. The zero-order valence-electron chi connectivity index (χ0n) is 10.7. The summed E-state index contributed by atoms with van der Waals surface area (Å²) in [6.07, 6.45) is 1.34. The number of hydrogen-bond donors (Lipinski definition) is 0. The van der Waals surface area contributed by atoms with Crippen molar-refractivity contribution < 1.29 is 17.9 Å². The molecular formula is C13H23F3O. The first kappa shape index (κ1) is 14.8. The minimum absolute atomic E-state index is 0.414. The van der Waals surface area contributed by atoms with Crippen LogP contribution in [-0.4, -0.2) is 12.5 Å². The van der Waals surface area contributed by atoms with E-state index in [0.717, 1.165) is 25.7 Å². The molecule has 0 aromatic rings. The van der Waals surface area contributed by atoms with Gasteiger partial charge in [-0.1, -0.05) is 39.5 Å². The van der Waals surface area contributed by atoms with Crippen molar-refractivity contribution >= 4 is 0 Å². The van der Waals surface area contributed by atoms with Crippen LogP contribution in [0.2, 0.25) is 0 Å². The van der Waals surface area contributed by atoms with Crippen LogP contribution in [0.5, 0.6) is 0 Å². The van der Waals surface area contributed by atoms with E-state index >= 15 is 0 Å². The minimum atomic E-state index is -4.47. The largest absolute Gasteiger partial charge is 0.522 e. The summed E-state index contributed by atoms with van der Waals surface area (Å²) >= 11 is 0. The van der Waals surface area contributed by atoms with Crippen molar-refractivity contribution in [1.82, 2.24) is 0 Å². The molecule has 1 fully saturated rings. The number of ether oxygens (including phenoxy) is 1. The van der Waals surface area contributed by atoms with Crippen LogP contribution in [-0.2, 0) is 4.74 Å². The standard InChI is InChI=1S/C13H23F3O/c1-3-5-10(2)8-11-6-4-7-12(9-11)17-13(14,15)16/h10-12H,3-9H2,1-2H3. The summed E-state index contributed by atoms with van der Waals surface area (Å²) in [6.45, 7) is 4.34. The maximum Gasteiger partial charge on any atom is 0.522 e. The Morgan fingerprint density at radius 2 is 2.00 bits per heavy atom. The molecule has 1 saturated carbocycles. The summed E-state index contributed by atoms with van der Waals surface area (Å²) < 4.78 is 40.5. The van der Waals surface area contributed by atoms with E-state index in [0.29, 0.717) is 24.7 Å². The molecule has 0 aromatic carbocycles. The van der Waals surface area contributed by atoms with E-state index in [1.54, 1.807) is 0 Å². The van der Waals surface area contributed by atoms with Crippen molar-refractivity contribution in [2.75, 3.05) is 0 Å². The van der Waals surface area contributed by atoms with Gasteiger partial charge >= 0.3 is 6.36 Å². The number of halogens is 3. The molecule has 1 aliphatic rings. The molecule has 0 amide bonds. The Hall–Kier alpha value is -0.250. The average molecular weight is 252 g/mol.